The summed E-state index contributed by atoms with van der Waals surface area (Å²) in [6.45, 7) is 0.621. The molecule has 136 valence electrons. The molecular formula is C22H22N3OS+. The van der Waals surface area contributed by atoms with Crippen molar-refractivity contribution in [3.63, 3.8) is 0 Å². The highest BCUT2D eigenvalue weighted by molar-refractivity contribution is 7.80. The fraction of sp³-hybridized carbons (Fsp3) is 0.0909. The molecule has 0 radical (unpaired) electrons. The largest absolute Gasteiger partial charge is 0.492 e. The van der Waals surface area contributed by atoms with Gasteiger partial charge in [-0.05, 0) is 42.0 Å². The summed E-state index contributed by atoms with van der Waals surface area (Å²) in [4.78, 5) is 0. The average molecular weight is 377 g/mol. The number of hydrazine groups is 1. The van der Waals surface area contributed by atoms with Gasteiger partial charge < -0.3 is 10.1 Å². The molecule has 0 saturated carbocycles. The van der Waals surface area contributed by atoms with Crippen LogP contribution in [0.3, 0.4) is 0 Å². The molecule has 3 aromatic rings. The van der Waals surface area contributed by atoms with E-state index in [1.807, 2.05) is 79.0 Å². The quantitative estimate of drug-likeness (QED) is 0.337. The van der Waals surface area contributed by atoms with Gasteiger partial charge in [0.25, 0.3) is 0 Å². The van der Waals surface area contributed by atoms with Crippen molar-refractivity contribution in [2.24, 2.45) is 0 Å². The molecule has 0 heterocycles. The number of thiocarbonyl (C=S) groups is 1. The number of nitrogens with one attached hydrogen (secondary N) is 3. The van der Waals surface area contributed by atoms with Crippen molar-refractivity contribution < 1.29 is 9.84 Å². The molecule has 0 spiro atoms. The van der Waals surface area contributed by atoms with Crippen LogP contribution in [0.15, 0.2) is 84.9 Å². The molecule has 0 atom stereocenters. The molecule has 0 aliphatic rings. The summed E-state index contributed by atoms with van der Waals surface area (Å²) in [6, 6.07) is 28.0. The summed E-state index contributed by atoms with van der Waals surface area (Å²) in [5, 5.41) is 6.60. The summed E-state index contributed by atoms with van der Waals surface area (Å²) in [5.41, 5.74) is 6.09. The molecule has 0 aliphatic heterocycles. The van der Waals surface area contributed by atoms with Crippen LogP contribution in [0.2, 0.25) is 0 Å². The van der Waals surface area contributed by atoms with Crippen LogP contribution in [0.1, 0.15) is 11.1 Å². The molecule has 0 amide bonds. The summed E-state index contributed by atoms with van der Waals surface area (Å²) in [6.07, 6.45) is 2.70. The highest BCUT2D eigenvalue weighted by Gasteiger charge is 2.04. The molecule has 0 bridgehead atoms. The zero-order chi connectivity index (χ0) is 18.7. The first-order chi connectivity index (χ1) is 13.3. The van der Waals surface area contributed by atoms with Gasteiger partial charge in [0, 0.05) is 12.1 Å². The SMILES string of the molecule is S=C(N[NH+]=Cc1ccccc1OCCc1ccccc1)Nc1ccccc1. The number of anilines is 1. The van der Waals surface area contributed by atoms with E-state index in [9.17, 15) is 0 Å². The van der Waals surface area contributed by atoms with Gasteiger partial charge in [-0.2, -0.15) is 0 Å². The minimum atomic E-state index is 0.486. The van der Waals surface area contributed by atoms with E-state index in [1.54, 1.807) is 0 Å². The van der Waals surface area contributed by atoms with Gasteiger partial charge >= 0.3 is 0 Å². The van der Waals surface area contributed by atoms with Crippen molar-refractivity contribution in [3.05, 3.63) is 96.1 Å². The van der Waals surface area contributed by atoms with Crippen molar-refractivity contribution in [1.82, 2.24) is 5.43 Å². The maximum atomic E-state index is 5.95. The molecule has 0 saturated heterocycles. The minimum Gasteiger partial charge on any atom is -0.492 e. The van der Waals surface area contributed by atoms with Crippen molar-refractivity contribution in [2.45, 2.75) is 6.42 Å². The summed E-state index contributed by atoms with van der Waals surface area (Å²) in [5.74, 6) is 0.824. The van der Waals surface area contributed by atoms with Gasteiger partial charge in [-0.25, -0.2) is 0 Å². The van der Waals surface area contributed by atoms with Crippen LogP contribution < -0.4 is 20.6 Å². The van der Waals surface area contributed by atoms with Gasteiger partial charge in [0.05, 0.1) is 12.2 Å². The first kappa shape index (κ1) is 18.6. The Balaban J connectivity index is 1.52. The Labute approximate surface area is 164 Å². The Morgan fingerprint density at radius 1 is 0.889 bits per heavy atom. The Morgan fingerprint density at radius 3 is 2.33 bits per heavy atom. The zero-order valence-corrected chi connectivity index (χ0v) is 15.7. The second kappa shape index (κ2) is 10.1. The highest BCUT2D eigenvalue weighted by atomic mass is 32.1. The normalized spacial score (nSPS) is 10.5. The Hall–Kier alpha value is -3.18. The molecule has 0 unspecified atom stereocenters. The van der Waals surface area contributed by atoms with E-state index in [0.717, 1.165) is 23.4 Å². The van der Waals surface area contributed by atoms with Crippen molar-refractivity contribution >= 4 is 29.2 Å². The maximum absolute atomic E-state index is 5.95. The molecule has 3 aromatic carbocycles. The fourth-order valence-corrected chi connectivity index (χ4v) is 2.69. The molecule has 3 N–H and O–H groups in total. The number of hydrazone groups is 1. The van der Waals surface area contributed by atoms with E-state index in [0.29, 0.717) is 11.7 Å². The number of ether oxygens (including phenoxy) is 1. The Kier molecular flexibility index (Phi) is 6.95. The monoisotopic (exact) mass is 376 g/mol. The molecule has 0 aromatic heterocycles. The van der Waals surface area contributed by atoms with E-state index in [-0.39, 0.29) is 0 Å². The molecular weight excluding hydrogens is 354 g/mol. The number of hydrogen-bond acceptors (Lipinski definition) is 2. The van der Waals surface area contributed by atoms with E-state index in [2.05, 4.69) is 28.0 Å². The van der Waals surface area contributed by atoms with Gasteiger partial charge in [0.2, 0.25) is 11.3 Å². The Bertz CT molecular complexity index is 882. The van der Waals surface area contributed by atoms with Gasteiger partial charge in [-0.15, -0.1) is 10.5 Å². The number of benzene rings is 3. The lowest BCUT2D eigenvalue weighted by Crippen LogP contribution is -2.82. The molecule has 5 heteroatoms. The van der Waals surface area contributed by atoms with Crippen molar-refractivity contribution in [1.29, 1.82) is 0 Å². The third-order valence-corrected chi connectivity index (χ3v) is 4.06. The second-order valence-electron chi connectivity index (χ2n) is 5.86. The van der Waals surface area contributed by atoms with E-state index in [1.165, 1.54) is 5.56 Å². The predicted octanol–water partition coefficient (Wildman–Crippen LogP) is 2.71. The fourth-order valence-electron chi connectivity index (χ4n) is 2.52. The number of hydrogen-bond donors (Lipinski definition) is 3. The van der Waals surface area contributed by atoms with E-state index >= 15 is 0 Å². The standard InChI is InChI=1S/C22H21N3OS/c27-22(24-20-12-5-2-6-13-20)25-23-17-19-11-7-8-14-21(19)26-16-15-18-9-3-1-4-10-18/h1-14,17H,15-16H2,(H2,24,25,27)/p+1. The molecule has 3 rings (SSSR count). The Morgan fingerprint density at radius 2 is 1.56 bits per heavy atom. The van der Waals surface area contributed by atoms with Crippen LogP contribution in [-0.2, 0) is 6.42 Å². The van der Waals surface area contributed by atoms with Gasteiger partial charge in [-0.3, -0.25) is 0 Å². The van der Waals surface area contributed by atoms with Crippen LogP contribution in [0, 0.1) is 0 Å². The topological polar surface area (TPSA) is 47.3 Å². The lowest BCUT2D eigenvalue weighted by Gasteiger charge is -2.08. The third kappa shape index (κ3) is 6.24. The van der Waals surface area contributed by atoms with Gasteiger partial charge in [0.1, 0.15) is 5.75 Å². The average Bonchev–Trinajstić information content (AvgIpc) is 2.71. The van der Waals surface area contributed by atoms with Crippen LogP contribution in [-0.4, -0.2) is 17.9 Å². The lowest BCUT2D eigenvalue weighted by atomic mass is 10.2. The van der Waals surface area contributed by atoms with E-state index < -0.39 is 0 Å². The van der Waals surface area contributed by atoms with Crippen LogP contribution >= 0.6 is 12.2 Å². The summed E-state index contributed by atoms with van der Waals surface area (Å²) in [7, 11) is 0. The van der Waals surface area contributed by atoms with Crippen molar-refractivity contribution in [3.8, 4) is 5.75 Å². The third-order valence-electron chi connectivity index (χ3n) is 3.86. The number of para-hydroxylation sites is 2. The van der Waals surface area contributed by atoms with E-state index in [4.69, 9.17) is 17.0 Å². The molecule has 27 heavy (non-hydrogen) atoms. The highest BCUT2D eigenvalue weighted by Crippen LogP contribution is 2.15. The minimum absolute atomic E-state index is 0.486. The zero-order valence-electron chi connectivity index (χ0n) is 14.9. The first-order valence-corrected chi connectivity index (χ1v) is 9.18. The summed E-state index contributed by atoms with van der Waals surface area (Å²) >= 11 is 5.27. The lowest BCUT2D eigenvalue weighted by molar-refractivity contribution is -0.499. The molecule has 0 aliphatic carbocycles. The van der Waals surface area contributed by atoms with Crippen molar-refractivity contribution in [2.75, 3.05) is 11.9 Å². The van der Waals surface area contributed by atoms with Crippen LogP contribution in [0.4, 0.5) is 5.69 Å². The van der Waals surface area contributed by atoms with Crippen LogP contribution in [0.5, 0.6) is 5.75 Å². The second-order valence-corrected chi connectivity index (χ2v) is 6.26. The predicted molar refractivity (Wildman–Crippen MR) is 114 cm³/mol. The molecule has 0 fully saturated rings. The van der Waals surface area contributed by atoms with Gasteiger partial charge in [-0.1, -0.05) is 60.7 Å². The molecule has 4 nitrogen and oxygen atoms in total. The maximum Gasteiger partial charge on any atom is 0.228 e. The first-order valence-electron chi connectivity index (χ1n) is 8.78. The van der Waals surface area contributed by atoms with Crippen LogP contribution in [0.25, 0.3) is 0 Å². The number of rotatable bonds is 7. The smallest absolute Gasteiger partial charge is 0.228 e. The summed E-state index contributed by atoms with van der Waals surface area (Å²) < 4.78 is 5.95. The van der Waals surface area contributed by atoms with Gasteiger partial charge in [0.15, 0.2) is 0 Å².